The van der Waals surface area contributed by atoms with Gasteiger partial charge in [-0.3, -0.25) is 0 Å². The largest absolute Gasteiger partial charge is 0 e. The van der Waals surface area contributed by atoms with Crippen molar-refractivity contribution in [3.05, 3.63) is 0 Å². The van der Waals surface area contributed by atoms with Gasteiger partial charge in [0.1, 0.15) is 0 Å². The molecule has 4 heteroatoms. The molecule has 0 spiro atoms. The molecule has 0 atom stereocenters. The minimum absolute atomic E-state index is 0. The van der Waals surface area contributed by atoms with E-state index in [0.29, 0.717) is 0 Å². The van der Waals surface area contributed by atoms with Crippen LogP contribution in [0.4, 0.5) is 0 Å². The molecule has 0 aliphatic carbocycles. The van der Waals surface area contributed by atoms with Crippen LogP contribution in [-0.2, 0) is 76.0 Å². The molecule has 0 aliphatic rings. The maximum Gasteiger partial charge on any atom is 0 e. The van der Waals surface area contributed by atoms with Crippen molar-refractivity contribution in [1.82, 2.24) is 0 Å². The predicted octanol–water partition coefficient (Wildman–Crippen LogP) is -0.0100. The van der Waals surface area contributed by atoms with Crippen LogP contribution in [0.15, 0.2) is 0 Å². The molecule has 29 valence electrons. The summed E-state index contributed by atoms with van der Waals surface area (Å²) in [6.45, 7) is 0. The van der Waals surface area contributed by atoms with E-state index >= 15 is 0 Å². The van der Waals surface area contributed by atoms with Crippen LogP contribution in [0.2, 0.25) is 0 Å². The van der Waals surface area contributed by atoms with E-state index in [1.54, 1.807) is 0 Å². The molecule has 0 rings (SSSR count). The van der Waals surface area contributed by atoms with Crippen molar-refractivity contribution >= 4 is 0 Å². The molecular formula is CoFeMoW. The fraction of sp³-hybridized carbons (Fsp3) is 0. The van der Waals surface area contributed by atoms with Gasteiger partial charge in [0.2, 0.25) is 0 Å². The molecule has 0 nitrogen and oxygen atoms in total. The summed E-state index contributed by atoms with van der Waals surface area (Å²) < 4.78 is 0. The Morgan fingerprint density at radius 1 is 1.00 bits per heavy atom. The quantitative estimate of drug-likeness (QED) is 0.507. The van der Waals surface area contributed by atoms with Crippen LogP contribution >= 0.6 is 0 Å². The maximum atomic E-state index is 0. The van der Waals surface area contributed by atoms with E-state index in [1.165, 1.54) is 0 Å². The summed E-state index contributed by atoms with van der Waals surface area (Å²) in [5.41, 5.74) is 0. The molecule has 0 N–H and O–H groups in total. The summed E-state index contributed by atoms with van der Waals surface area (Å²) in [5.74, 6) is 0. The fourth-order valence-electron chi connectivity index (χ4n) is 0. The minimum Gasteiger partial charge on any atom is 0 e. The number of rotatable bonds is 0. The first-order chi connectivity index (χ1) is 0. The van der Waals surface area contributed by atoms with Gasteiger partial charge in [-0.1, -0.05) is 0 Å². The average Bonchev–Trinajstić information content (AvgIpc) is 0. The smallest absolute Gasteiger partial charge is 0 e. The van der Waals surface area contributed by atoms with Crippen molar-refractivity contribution in [2.24, 2.45) is 0 Å². The molecule has 0 aromatic heterocycles. The van der Waals surface area contributed by atoms with Gasteiger partial charge in [0.05, 0.1) is 0 Å². The second-order valence-electron chi connectivity index (χ2n) is 0. The summed E-state index contributed by atoms with van der Waals surface area (Å²) in [7, 11) is 0. The zero-order chi connectivity index (χ0) is 0. The van der Waals surface area contributed by atoms with Gasteiger partial charge >= 0.3 is 0 Å². The van der Waals surface area contributed by atoms with E-state index in [-0.39, 0.29) is 76.0 Å². The van der Waals surface area contributed by atoms with Gasteiger partial charge in [-0.25, -0.2) is 0 Å². The Bertz CT molecular complexity index is 8.00. The van der Waals surface area contributed by atoms with Gasteiger partial charge < -0.3 is 0 Å². The maximum absolute atomic E-state index is 0. The van der Waals surface area contributed by atoms with E-state index in [0.717, 1.165) is 0 Å². The summed E-state index contributed by atoms with van der Waals surface area (Å²) in [5, 5.41) is 0. The molecule has 1 radical (unpaired) electrons. The van der Waals surface area contributed by atoms with Crippen LogP contribution in [0.25, 0.3) is 0 Å². The first-order valence-electron chi connectivity index (χ1n) is 0. The second-order valence-corrected chi connectivity index (χ2v) is 0. The van der Waals surface area contributed by atoms with Gasteiger partial charge in [-0.2, -0.15) is 0 Å². The Kier molecular flexibility index (Phi) is 147. The third kappa shape index (κ3) is 8.83. The molecule has 0 aromatic carbocycles. The summed E-state index contributed by atoms with van der Waals surface area (Å²) in [6, 6.07) is 0. The van der Waals surface area contributed by atoms with E-state index in [4.69, 9.17) is 0 Å². The normalized spacial score (nSPS) is 0. The topological polar surface area (TPSA) is 0 Å². The van der Waals surface area contributed by atoms with Gasteiger partial charge in [-0.15, -0.1) is 0 Å². The molecule has 0 aliphatic heterocycles. The van der Waals surface area contributed by atoms with Crippen molar-refractivity contribution in [1.29, 1.82) is 0 Å². The van der Waals surface area contributed by atoms with Crippen molar-refractivity contribution in [3.8, 4) is 0 Å². The van der Waals surface area contributed by atoms with Crippen LogP contribution in [-0.4, -0.2) is 0 Å². The zero-order valence-electron chi connectivity index (χ0n) is 1.50. The molecule has 0 aromatic rings. The van der Waals surface area contributed by atoms with E-state index in [2.05, 4.69) is 0 Å². The minimum atomic E-state index is 0. The standard InChI is InChI=1S/Co.Fe.Mo.W. The number of hydrogen-bond donors (Lipinski definition) is 0. The van der Waals surface area contributed by atoms with Gasteiger partial charge in [-0.05, 0) is 0 Å². The number of hydrogen-bond acceptors (Lipinski definition) is 0. The van der Waals surface area contributed by atoms with Gasteiger partial charge in [0.25, 0.3) is 0 Å². The van der Waals surface area contributed by atoms with Crippen LogP contribution < -0.4 is 0 Å². The summed E-state index contributed by atoms with van der Waals surface area (Å²) in [4.78, 5) is 0. The van der Waals surface area contributed by atoms with Crippen LogP contribution in [0, 0.1) is 0 Å². The van der Waals surface area contributed by atoms with Crippen molar-refractivity contribution in [2.75, 3.05) is 0 Å². The van der Waals surface area contributed by atoms with Gasteiger partial charge in [0.15, 0.2) is 0 Å². The Morgan fingerprint density at radius 2 is 1.00 bits per heavy atom. The third-order valence-corrected chi connectivity index (χ3v) is 0. The Morgan fingerprint density at radius 3 is 1.00 bits per heavy atom. The van der Waals surface area contributed by atoms with Gasteiger partial charge in [0, 0.05) is 76.0 Å². The predicted molar refractivity (Wildman–Crippen MR) is 0 cm³/mol. The third-order valence-electron chi connectivity index (χ3n) is 0. The Balaban J connectivity index is 0. The van der Waals surface area contributed by atoms with E-state index < -0.39 is 0 Å². The molecule has 0 saturated heterocycles. The first-order valence-corrected chi connectivity index (χ1v) is 0. The van der Waals surface area contributed by atoms with E-state index in [1.807, 2.05) is 0 Å². The van der Waals surface area contributed by atoms with Crippen LogP contribution in [0.5, 0.6) is 0 Å². The van der Waals surface area contributed by atoms with Crippen molar-refractivity contribution in [2.45, 2.75) is 0 Å². The average molecular weight is 395 g/mol. The Hall–Kier alpha value is 2.40. The van der Waals surface area contributed by atoms with Crippen LogP contribution in [0.3, 0.4) is 0 Å². The zero-order valence-corrected chi connectivity index (χ0v) is 8.59. The molecule has 0 unspecified atom stereocenters. The second kappa shape index (κ2) is 18.1. The molecular weight excluding hydrogens is 395 g/mol. The molecule has 0 bridgehead atoms. The molecule has 0 fully saturated rings. The summed E-state index contributed by atoms with van der Waals surface area (Å²) >= 11 is 0. The fourth-order valence-corrected chi connectivity index (χ4v) is 0. The van der Waals surface area contributed by atoms with E-state index in [9.17, 15) is 0 Å². The molecule has 0 heterocycles. The molecule has 4 heavy (non-hydrogen) atoms. The molecule has 0 amide bonds. The summed E-state index contributed by atoms with van der Waals surface area (Å²) in [6.07, 6.45) is 0. The Labute approximate surface area is 75.1 Å². The SMILES string of the molecule is [Co].[Fe].[Mo].[W]. The monoisotopic (exact) mass is 397 g/mol. The van der Waals surface area contributed by atoms with Crippen LogP contribution in [0.1, 0.15) is 0 Å². The first kappa shape index (κ1) is 32.4. The van der Waals surface area contributed by atoms with Crippen molar-refractivity contribution < 1.29 is 76.0 Å². The molecule has 0 saturated carbocycles. The van der Waals surface area contributed by atoms with Crippen molar-refractivity contribution in [3.63, 3.8) is 0 Å².